The average Bonchev–Trinajstić information content (AvgIpc) is 2.01. The summed E-state index contributed by atoms with van der Waals surface area (Å²) in [5.41, 5.74) is 7.28. The molecule has 11 heavy (non-hydrogen) atoms. The number of rotatable bonds is 5. The molecule has 0 aliphatic rings. The van der Waals surface area contributed by atoms with Gasteiger partial charge in [-0.25, -0.2) is 0 Å². The van der Waals surface area contributed by atoms with Crippen LogP contribution in [0.4, 0.5) is 0 Å². The van der Waals surface area contributed by atoms with E-state index < -0.39 is 0 Å². The van der Waals surface area contributed by atoms with Crippen LogP contribution in [-0.4, -0.2) is 20.1 Å². The van der Waals surface area contributed by atoms with Crippen LogP contribution in [0.15, 0.2) is 36.5 Å². The van der Waals surface area contributed by atoms with Crippen LogP contribution in [-0.2, 0) is 0 Å². The number of hydrogen-bond acceptors (Lipinski definition) is 2. The van der Waals surface area contributed by atoms with Gasteiger partial charge in [-0.15, -0.1) is 0 Å². The van der Waals surface area contributed by atoms with Crippen LogP contribution in [0.5, 0.6) is 0 Å². The lowest BCUT2D eigenvalue weighted by atomic mass is 10.2. The highest BCUT2D eigenvalue weighted by Gasteiger charge is 1.85. The molecule has 0 spiro atoms. The molecule has 3 N–H and O–H groups in total. The zero-order valence-corrected chi connectivity index (χ0v) is 7.06. The van der Waals surface area contributed by atoms with Crippen LogP contribution >= 0.6 is 0 Å². The molecular formula is C9H16N2. The molecule has 0 aromatic rings. The van der Waals surface area contributed by atoms with Gasteiger partial charge in [0.05, 0.1) is 0 Å². The Kier molecular flexibility index (Phi) is 5.43. The van der Waals surface area contributed by atoms with E-state index in [-0.39, 0.29) is 0 Å². The summed E-state index contributed by atoms with van der Waals surface area (Å²) < 4.78 is 0. The second-order valence-corrected chi connectivity index (χ2v) is 2.38. The summed E-state index contributed by atoms with van der Waals surface area (Å²) in [6.45, 7) is 8.85. The lowest BCUT2D eigenvalue weighted by Crippen LogP contribution is -2.08. The number of hydrogen-bond donors (Lipinski definition) is 2. The van der Waals surface area contributed by atoms with Crippen molar-refractivity contribution in [1.82, 2.24) is 5.32 Å². The van der Waals surface area contributed by atoms with Crippen molar-refractivity contribution >= 4 is 0 Å². The molecular weight excluding hydrogens is 136 g/mol. The Morgan fingerprint density at radius 3 is 2.36 bits per heavy atom. The van der Waals surface area contributed by atoms with E-state index in [1.165, 1.54) is 0 Å². The third-order valence-corrected chi connectivity index (χ3v) is 1.22. The monoisotopic (exact) mass is 152 g/mol. The third-order valence-electron chi connectivity index (χ3n) is 1.22. The predicted octanol–water partition coefficient (Wildman–Crippen LogP) is 0.833. The van der Waals surface area contributed by atoms with Crippen LogP contribution < -0.4 is 11.1 Å². The van der Waals surface area contributed by atoms with Gasteiger partial charge in [0.2, 0.25) is 0 Å². The van der Waals surface area contributed by atoms with Gasteiger partial charge in [-0.2, -0.15) is 0 Å². The predicted molar refractivity (Wildman–Crippen MR) is 50.4 cm³/mol. The molecule has 0 saturated carbocycles. The molecule has 0 saturated heterocycles. The van der Waals surface area contributed by atoms with Gasteiger partial charge in [-0.05, 0) is 18.2 Å². The van der Waals surface area contributed by atoms with Crippen LogP contribution in [0, 0.1) is 0 Å². The fraction of sp³-hybridized carbons (Fsp3) is 0.333. The van der Waals surface area contributed by atoms with Crippen LogP contribution in [0.1, 0.15) is 0 Å². The van der Waals surface area contributed by atoms with E-state index in [9.17, 15) is 0 Å². The Labute approximate surface area is 68.5 Å². The Morgan fingerprint density at radius 2 is 1.91 bits per heavy atom. The van der Waals surface area contributed by atoms with Crippen molar-refractivity contribution in [1.29, 1.82) is 0 Å². The van der Waals surface area contributed by atoms with Crippen molar-refractivity contribution in [3.8, 4) is 0 Å². The summed E-state index contributed by atoms with van der Waals surface area (Å²) in [7, 11) is 1.89. The molecule has 2 heteroatoms. The molecule has 0 fully saturated rings. The molecule has 2 nitrogen and oxygen atoms in total. The summed E-state index contributed by atoms with van der Waals surface area (Å²) in [6, 6.07) is 0. The van der Waals surface area contributed by atoms with E-state index in [4.69, 9.17) is 5.73 Å². The highest BCUT2D eigenvalue weighted by Crippen LogP contribution is 1.94. The highest BCUT2D eigenvalue weighted by atomic mass is 14.8. The van der Waals surface area contributed by atoms with Gasteiger partial charge in [0, 0.05) is 13.1 Å². The minimum absolute atomic E-state index is 0.503. The van der Waals surface area contributed by atoms with E-state index >= 15 is 0 Å². The lowest BCUT2D eigenvalue weighted by molar-refractivity contribution is 0.898. The van der Waals surface area contributed by atoms with Gasteiger partial charge in [-0.1, -0.05) is 25.3 Å². The second kappa shape index (κ2) is 5.89. The van der Waals surface area contributed by atoms with Gasteiger partial charge in [0.15, 0.2) is 0 Å². The van der Waals surface area contributed by atoms with Crippen molar-refractivity contribution in [2.75, 3.05) is 20.1 Å². The minimum Gasteiger partial charge on any atom is -0.327 e. The zero-order chi connectivity index (χ0) is 8.69. The van der Waals surface area contributed by atoms with E-state index in [1.54, 1.807) is 0 Å². The fourth-order valence-electron chi connectivity index (χ4n) is 0.590. The standard InChI is InChI=1S/C9H16N2/c1-8(6-10)4-5-9(2)7-11-3/h4-5,11H,1-2,6-7,10H2,3H3/b5-4-. The average molecular weight is 152 g/mol. The largest absolute Gasteiger partial charge is 0.327 e. The van der Waals surface area contributed by atoms with Gasteiger partial charge in [0.1, 0.15) is 0 Å². The van der Waals surface area contributed by atoms with Gasteiger partial charge in [-0.3, -0.25) is 0 Å². The van der Waals surface area contributed by atoms with Crippen LogP contribution in [0.3, 0.4) is 0 Å². The molecule has 0 rings (SSSR count). The summed E-state index contributed by atoms with van der Waals surface area (Å²) in [4.78, 5) is 0. The van der Waals surface area contributed by atoms with Crippen LogP contribution in [0.2, 0.25) is 0 Å². The fourth-order valence-corrected chi connectivity index (χ4v) is 0.590. The number of likely N-dealkylation sites (N-methyl/N-ethyl adjacent to an activating group) is 1. The SMILES string of the molecule is C=C(/C=C\C(=C)CNC)CN. The smallest absolute Gasteiger partial charge is 0.0196 e. The molecule has 0 unspecified atom stereocenters. The first-order valence-electron chi connectivity index (χ1n) is 3.59. The second-order valence-electron chi connectivity index (χ2n) is 2.38. The zero-order valence-electron chi connectivity index (χ0n) is 7.06. The highest BCUT2D eigenvalue weighted by molar-refractivity contribution is 5.25. The van der Waals surface area contributed by atoms with E-state index in [1.807, 2.05) is 19.2 Å². The molecule has 62 valence electrons. The number of nitrogens with two attached hydrogens (primary N) is 1. The molecule has 0 aliphatic carbocycles. The summed E-state index contributed by atoms with van der Waals surface area (Å²) in [5.74, 6) is 0. The summed E-state index contributed by atoms with van der Waals surface area (Å²) >= 11 is 0. The molecule has 0 aromatic carbocycles. The Morgan fingerprint density at radius 1 is 1.36 bits per heavy atom. The van der Waals surface area contributed by atoms with Gasteiger partial charge < -0.3 is 11.1 Å². The molecule has 0 amide bonds. The molecule has 0 aliphatic heterocycles. The first kappa shape index (κ1) is 10.1. The normalized spacial score (nSPS) is 10.4. The lowest BCUT2D eigenvalue weighted by Gasteiger charge is -1.97. The van der Waals surface area contributed by atoms with Gasteiger partial charge >= 0.3 is 0 Å². The van der Waals surface area contributed by atoms with Crippen molar-refractivity contribution in [3.05, 3.63) is 36.5 Å². The molecule has 0 atom stereocenters. The quantitative estimate of drug-likeness (QED) is 0.573. The van der Waals surface area contributed by atoms with Crippen molar-refractivity contribution in [2.45, 2.75) is 0 Å². The summed E-state index contributed by atoms with van der Waals surface area (Å²) in [6.07, 6.45) is 3.81. The van der Waals surface area contributed by atoms with Gasteiger partial charge in [0.25, 0.3) is 0 Å². The first-order valence-corrected chi connectivity index (χ1v) is 3.59. The van der Waals surface area contributed by atoms with Crippen molar-refractivity contribution < 1.29 is 0 Å². The molecule has 0 aromatic heterocycles. The molecule has 0 bridgehead atoms. The Hall–Kier alpha value is -0.860. The molecule has 0 radical (unpaired) electrons. The maximum atomic E-state index is 5.34. The van der Waals surface area contributed by atoms with E-state index in [0.29, 0.717) is 6.54 Å². The summed E-state index contributed by atoms with van der Waals surface area (Å²) in [5, 5.41) is 3.00. The first-order chi connectivity index (χ1) is 5.20. The van der Waals surface area contributed by atoms with Crippen LogP contribution in [0.25, 0.3) is 0 Å². The molecule has 0 heterocycles. The maximum absolute atomic E-state index is 5.34. The minimum atomic E-state index is 0.503. The van der Waals surface area contributed by atoms with E-state index in [2.05, 4.69) is 18.5 Å². The Bertz CT molecular complexity index is 168. The maximum Gasteiger partial charge on any atom is 0.0196 e. The topological polar surface area (TPSA) is 38.0 Å². The van der Waals surface area contributed by atoms with E-state index in [0.717, 1.165) is 17.7 Å². The van der Waals surface area contributed by atoms with Crippen molar-refractivity contribution in [3.63, 3.8) is 0 Å². The van der Waals surface area contributed by atoms with Crippen molar-refractivity contribution in [2.24, 2.45) is 5.73 Å². The third kappa shape index (κ3) is 5.58. The Balaban J connectivity index is 3.73. The number of nitrogens with one attached hydrogen (secondary N) is 1.